The van der Waals surface area contributed by atoms with Gasteiger partial charge in [0.15, 0.2) is 0 Å². The quantitative estimate of drug-likeness (QED) is 0.940. The Labute approximate surface area is 137 Å². The summed E-state index contributed by atoms with van der Waals surface area (Å²) in [6.07, 6.45) is 4.82. The number of aromatic nitrogens is 1. The predicted molar refractivity (Wildman–Crippen MR) is 93.6 cm³/mol. The number of nitrogens with zero attached hydrogens (tertiary/aromatic N) is 2. The number of amides is 1. The lowest BCUT2D eigenvalue weighted by atomic mass is 9.99. The van der Waals surface area contributed by atoms with Crippen LogP contribution in [0.3, 0.4) is 0 Å². The van der Waals surface area contributed by atoms with Crippen LogP contribution in [0.15, 0.2) is 48.8 Å². The van der Waals surface area contributed by atoms with Crippen LogP contribution >= 0.6 is 0 Å². The molecular weight excluding hydrogens is 286 g/mol. The van der Waals surface area contributed by atoms with Crippen LogP contribution in [-0.4, -0.2) is 23.5 Å². The summed E-state index contributed by atoms with van der Waals surface area (Å²) < 4.78 is 0. The van der Waals surface area contributed by atoms with Crippen LogP contribution in [-0.2, 0) is 11.2 Å². The number of benzene rings is 1. The van der Waals surface area contributed by atoms with Gasteiger partial charge in [0.1, 0.15) is 0 Å². The van der Waals surface area contributed by atoms with Gasteiger partial charge in [0.25, 0.3) is 0 Å². The van der Waals surface area contributed by atoms with Gasteiger partial charge in [-0.3, -0.25) is 9.78 Å². The molecule has 1 aromatic carbocycles. The van der Waals surface area contributed by atoms with Gasteiger partial charge in [-0.15, -0.1) is 0 Å². The third-order valence-electron chi connectivity index (χ3n) is 4.37. The zero-order valence-corrected chi connectivity index (χ0v) is 13.7. The third kappa shape index (κ3) is 3.52. The van der Waals surface area contributed by atoms with Crippen molar-refractivity contribution in [2.24, 2.45) is 5.92 Å². The summed E-state index contributed by atoms with van der Waals surface area (Å²) >= 11 is 0. The first-order valence-corrected chi connectivity index (χ1v) is 8.20. The minimum atomic E-state index is 0.174. The SMILES string of the molecule is CC(C)C1CN(C(=O)CCc2cccnc2)c2ccccc2N1. The number of nitrogens with one attached hydrogen (secondary N) is 1. The smallest absolute Gasteiger partial charge is 0.227 e. The second-order valence-electron chi connectivity index (χ2n) is 6.38. The average molecular weight is 309 g/mol. The summed E-state index contributed by atoms with van der Waals surface area (Å²) in [6.45, 7) is 5.09. The van der Waals surface area contributed by atoms with Crippen molar-refractivity contribution in [3.63, 3.8) is 0 Å². The Bertz CT molecular complexity index is 669. The van der Waals surface area contributed by atoms with Crippen molar-refractivity contribution in [1.29, 1.82) is 0 Å². The van der Waals surface area contributed by atoms with Crippen molar-refractivity contribution in [2.75, 3.05) is 16.8 Å². The third-order valence-corrected chi connectivity index (χ3v) is 4.37. The van der Waals surface area contributed by atoms with E-state index in [1.807, 2.05) is 47.5 Å². The van der Waals surface area contributed by atoms with Gasteiger partial charge in [0, 0.05) is 31.4 Å². The molecule has 1 amide bonds. The molecule has 2 aromatic rings. The lowest BCUT2D eigenvalue weighted by Gasteiger charge is -2.37. The van der Waals surface area contributed by atoms with E-state index in [4.69, 9.17) is 0 Å². The van der Waals surface area contributed by atoms with E-state index in [1.54, 1.807) is 6.20 Å². The summed E-state index contributed by atoms with van der Waals surface area (Å²) in [6, 6.07) is 12.3. The van der Waals surface area contributed by atoms with Crippen LogP contribution in [0.25, 0.3) is 0 Å². The molecule has 0 spiro atoms. The van der Waals surface area contributed by atoms with Crippen LogP contribution in [0.2, 0.25) is 0 Å². The number of fused-ring (bicyclic) bond motifs is 1. The highest BCUT2D eigenvalue weighted by Gasteiger charge is 2.28. The van der Waals surface area contributed by atoms with Crippen LogP contribution in [0, 0.1) is 5.92 Å². The molecule has 1 aromatic heterocycles. The van der Waals surface area contributed by atoms with E-state index >= 15 is 0 Å². The molecule has 0 saturated heterocycles. The maximum Gasteiger partial charge on any atom is 0.227 e. The van der Waals surface area contributed by atoms with Crippen molar-refractivity contribution >= 4 is 17.3 Å². The number of para-hydroxylation sites is 2. The summed E-state index contributed by atoms with van der Waals surface area (Å²) in [5.41, 5.74) is 3.14. The lowest BCUT2D eigenvalue weighted by molar-refractivity contribution is -0.118. The number of carbonyl (C=O) groups is 1. The predicted octanol–water partition coefficient (Wildman–Crippen LogP) is 3.50. The monoisotopic (exact) mass is 309 g/mol. The minimum Gasteiger partial charge on any atom is -0.379 e. The highest BCUT2D eigenvalue weighted by molar-refractivity contribution is 5.97. The van der Waals surface area contributed by atoms with Crippen LogP contribution < -0.4 is 10.2 Å². The molecule has 1 unspecified atom stereocenters. The van der Waals surface area contributed by atoms with Gasteiger partial charge in [-0.2, -0.15) is 0 Å². The molecule has 4 heteroatoms. The number of aryl methyl sites for hydroxylation is 1. The Morgan fingerprint density at radius 1 is 1.30 bits per heavy atom. The van der Waals surface area contributed by atoms with Crippen molar-refractivity contribution in [3.05, 3.63) is 54.4 Å². The zero-order chi connectivity index (χ0) is 16.2. The van der Waals surface area contributed by atoms with Crippen LogP contribution in [0.4, 0.5) is 11.4 Å². The number of rotatable bonds is 4. The number of anilines is 2. The van der Waals surface area contributed by atoms with Gasteiger partial charge < -0.3 is 10.2 Å². The Morgan fingerprint density at radius 2 is 2.13 bits per heavy atom. The van der Waals surface area contributed by atoms with Gasteiger partial charge in [-0.25, -0.2) is 0 Å². The highest BCUT2D eigenvalue weighted by atomic mass is 16.2. The first-order valence-electron chi connectivity index (χ1n) is 8.20. The van der Waals surface area contributed by atoms with E-state index in [0.29, 0.717) is 12.3 Å². The molecule has 0 radical (unpaired) electrons. The fraction of sp³-hybridized carbons (Fsp3) is 0.368. The molecule has 2 heterocycles. The molecule has 4 nitrogen and oxygen atoms in total. The molecule has 1 atom stereocenters. The first kappa shape index (κ1) is 15.5. The molecule has 1 aliphatic heterocycles. The molecule has 0 aliphatic carbocycles. The van der Waals surface area contributed by atoms with Crippen molar-refractivity contribution < 1.29 is 4.79 Å². The molecule has 0 saturated carbocycles. The largest absolute Gasteiger partial charge is 0.379 e. The molecule has 1 N–H and O–H groups in total. The van der Waals surface area contributed by atoms with E-state index in [0.717, 1.165) is 29.9 Å². The first-order chi connectivity index (χ1) is 11.1. The van der Waals surface area contributed by atoms with Crippen LogP contribution in [0.1, 0.15) is 25.8 Å². The van der Waals surface area contributed by atoms with Gasteiger partial charge in [0.2, 0.25) is 5.91 Å². The molecule has 120 valence electrons. The number of hydrogen-bond donors (Lipinski definition) is 1. The van der Waals surface area contributed by atoms with Gasteiger partial charge in [-0.05, 0) is 36.1 Å². The molecule has 23 heavy (non-hydrogen) atoms. The number of hydrogen-bond acceptors (Lipinski definition) is 3. The maximum atomic E-state index is 12.8. The average Bonchev–Trinajstić information content (AvgIpc) is 2.59. The summed E-state index contributed by atoms with van der Waals surface area (Å²) in [7, 11) is 0. The van der Waals surface area contributed by atoms with Gasteiger partial charge in [-0.1, -0.05) is 32.0 Å². The summed E-state index contributed by atoms with van der Waals surface area (Å²) in [4.78, 5) is 18.8. The number of pyridine rings is 1. The second kappa shape index (κ2) is 6.82. The Kier molecular flexibility index (Phi) is 4.60. The van der Waals surface area contributed by atoms with E-state index in [1.165, 1.54) is 0 Å². The number of carbonyl (C=O) groups excluding carboxylic acids is 1. The molecule has 0 fully saturated rings. The fourth-order valence-corrected chi connectivity index (χ4v) is 2.92. The Morgan fingerprint density at radius 3 is 2.87 bits per heavy atom. The summed E-state index contributed by atoms with van der Waals surface area (Å²) in [5, 5.41) is 3.55. The lowest BCUT2D eigenvalue weighted by Crippen LogP contribution is -2.47. The van der Waals surface area contributed by atoms with Gasteiger partial charge in [0.05, 0.1) is 11.4 Å². The highest BCUT2D eigenvalue weighted by Crippen LogP contribution is 2.32. The zero-order valence-electron chi connectivity index (χ0n) is 13.7. The second-order valence-corrected chi connectivity index (χ2v) is 6.38. The van der Waals surface area contributed by atoms with Crippen LogP contribution in [0.5, 0.6) is 0 Å². The molecule has 1 aliphatic rings. The minimum absolute atomic E-state index is 0.174. The molecular formula is C19H23N3O. The van der Waals surface area contributed by atoms with Gasteiger partial charge >= 0.3 is 0 Å². The van der Waals surface area contributed by atoms with Crippen molar-refractivity contribution in [3.8, 4) is 0 Å². The molecule has 0 bridgehead atoms. The van der Waals surface area contributed by atoms with E-state index in [-0.39, 0.29) is 11.9 Å². The van der Waals surface area contributed by atoms with Crippen molar-refractivity contribution in [1.82, 2.24) is 4.98 Å². The fourth-order valence-electron chi connectivity index (χ4n) is 2.92. The van der Waals surface area contributed by atoms with E-state index in [2.05, 4.69) is 24.1 Å². The summed E-state index contributed by atoms with van der Waals surface area (Å²) in [5.74, 6) is 0.644. The van der Waals surface area contributed by atoms with E-state index in [9.17, 15) is 4.79 Å². The normalized spacial score (nSPS) is 16.8. The van der Waals surface area contributed by atoms with Crippen molar-refractivity contribution in [2.45, 2.75) is 32.7 Å². The molecule has 3 rings (SSSR count). The Hall–Kier alpha value is -2.36. The maximum absolute atomic E-state index is 12.8. The topological polar surface area (TPSA) is 45.2 Å². The van der Waals surface area contributed by atoms with E-state index < -0.39 is 0 Å². The Balaban J connectivity index is 1.76. The standard InChI is InChI=1S/C19H23N3O/c1-14(2)17-13-22(18-8-4-3-7-16(18)21-17)19(23)10-9-15-6-5-11-20-12-15/h3-8,11-12,14,17,21H,9-10,13H2,1-2H3.